The highest BCUT2D eigenvalue weighted by Gasteiger charge is 2.37. The Labute approximate surface area is 143 Å². The van der Waals surface area contributed by atoms with E-state index in [9.17, 15) is 0 Å². The van der Waals surface area contributed by atoms with Crippen LogP contribution in [0.3, 0.4) is 0 Å². The van der Waals surface area contributed by atoms with Crippen LogP contribution in [0.1, 0.15) is 25.0 Å². The molecule has 0 atom stereocenters. The third kappa shape index (κ3) is 1.57. The molecule has 0 aliphatic heterocycles. The van der Waals surface area contributed by atoms with E-state index in [4.69, 9.17) is 4.42 Å². The first-order valence-corrected chi connectivity index (χ1v) is 8.62. The lowest BCUT2D eigenvalue weighted by molar-refractivity contribution is 0.655. The minimum atomic E-state index is 0.00100. The molecule has 0 saturated heterocycles. The quantitative estimate of drug-likeness (QED) is 0.341. The first-order chi connectivity index (χ1) is 11.1. The van der Waals surface area contributed by atoms with Gasteiger partial charge in [-0.1, -0.05) is 56.3 Å². The van der Waals surface area contributed by atoms with Crippen LogP contribution in [0, 0.1) is 0 Å². The molecule has 3 aromatic carbocycles. The van der Waals surface area contributed by atoms with Gasteiger partial charge in [-0.05, 0) is 50.3 Å². The molecule has 1 aliphatic rings. The van der Waals surface area contributed by atoms with Crippen LogP contribution in [-0.4, -0.2) is 0 Å². The molecule has 1 aliphatic carbocycles. The minimum Gasteiger partial charge on any atom is -0.455 e. The molecule has 1 heterocycles. The molecule has 0 fully saturated rings. The fraction of sp³-hybridized carbons (Fsp3) is 0.143. The summed E-state index contributed by atoms with van der Waals surface area (Å²) >= 11 is 3.73. The zero-order valence-electron chi connectivity index (χ0n) is 13.0. The first-order valence-electron chi connectivity index (χ1n) is 7.83. The van der Waals surface area contributed by atoms with Gasteiger partial charge >= 0.3 is 0 Å². The normalized spacial score (nSPS) is 15.1. The zero-order valence-corrected chi connectivity index (χ0v) is 14.6. The molecule has 1 nitrogen and oxygen atoms in total. The van der Waals surface area contributed by atoms with Crippen molar-refractivity contribution in [1.82, 2.24) is 0 Å². The van der Waals surface area contributed by atoms with Gasteiger partial charge in [-0.15, -0.1) is 0 Å². The molecule has 0 unspecified atom stereocenters. The summed E-state index contributed by atoms with van der Waals surface area (Å²) in [6.07, 6.45) is 0. The Bertz CT molecular complexity index is 1100. The average molecular weight is 363 g/mol. The Balaban J connectivity index is 2.09. The predicted molar refractivity (Wildman–Crippen MR) is 99.0 cm³/mol. The highest BCUT2D eigenvalue weighted by Crippen LogP contribution is 2.54. The van der Waals surface area contributed by atoms with Crippen molar-refractivity contribution < 1.29 is 4.42 Å². The van der Waals surface area contributed by atoms with Gasteiger partial charge in [0.1, 0.15) is 11.2 Å². The monoisotopic (exact) mass is 362 g/mol. The smallest absolute Gasteiger partial charge is 0.150 e. The van der Waals surface area contributed by atoms with Crippen molar-refractivity contribution in [3.05, 3.63) is 70.2 Å². The number of halogens is 1. The Morgan fingerprint density at radius 2 is 1.65 bits per heavy atom. The summed E-state index contributed by atoms with van der Waals surface area (Å²) in [5, 5.41) is 2.41. The highest BCUT2D eigenvalue weighted by atomic mass is 79.9. The van der Waals surface area contributed by atoms with Gasteiger partial charge in [0.15, 0.2) is 0 Å². The van der Waals surface area contributed by atoms with Crippen LogP contribution in [0.25, 0.3) is 33.1 Å². The maximum atomic E-state index is 6.14. The second-order valence-corrected chi connectivity index (χ2v) is 7.61. The number of hydrogen-bond acceptors (Lipinski definition) is 1. The van der Waals surface area contributed by atoms with Crippen molar-refractivity contribution in [3.8, 4) is 11.1 Å². The number of benzene rings is 3. The Hall–Kier alpha value is -2.06. The van der Waals surface area contributed by atoms with E-state index in [0.29, 0.717) is 0 Å². The molecule has 0 N–H and O–H groups in total. The molecule has 23 heavy (non-hydrogen) atoms. The summed E-state index contributed by atoms with van der Waals surface area (Å²) < 4.78 is 7.18. The first kappa shape index (κ1) is 13.4. The van der Waals surface area contributed by atoms with Crippen LogP contribution in [0.4, 0.5) is 0 Å². The van der Waals surface area contributed by atoms with E-state index in [1.807, 2.05) is 12.1 Å². The van der Waals surface area contributed by atoms with Crippen molar-refractivity contribution in [1.29, 1.82) is 0 Å². The molecule has 0 radical (unpaired) electrons. The highest BCUT2D eigenvalue weighted by molar-refractivity contribution is 9.10. The van der Waals surface area contributed by atoms with E-state index in [1.165, 1.54) is 33.0 Å². The summed E-state index contributed by atoms with van der Waals surface area (Å²) in [7, 11) is 0. The summed E-state index contributed by atoms with van der Waals surface area (Å²) in [5.41, 5.74) is 7.30. The Kier molecular flexibility index (Phi) is 2.48. The number of fused-ring (bicyclic) bond motifs is 7. The van der Waals surface area contributed by atoms with Crippen LogP contribution >= 0.6 is 15.9 Å². The van der Waals surface area contributed by atoms with Gasteiger partial charge in [0.2, 0.25) is 0 Å². The van der Waals surface area contributed by atoms with E-state index in [-0.39, 0.29) is 5.41 Å². The van der Waals surface area contributed by atoms with Crippen molar-refractivity contribution >= 4 is 37.9 Å². The molecule has 112 valence electrons. The van der Waals surface area contributed by atoms with Crippen molar-refractivity contribution in [2.45, 2.75) is 19.3 Å². The van der Waals surface area contributed by atoms with E-state index >= 15 is 0 Å². The molecule has 4 aromatic rings. The second kappa shape index (κ2) is 4.27. The van der Waals surface area contributed by atoms with Gasteiger partial charge in [0.05, 0.1) is 4.47 Å². The largest absolute Gasteiger partial charge is 0.455 e. The topological polar surface area (TPSA) is 13.1 Å². The molecular formula is C21H15BrO. The van der Waals surface area contributed by atoms with Crippen LogP contribution in [0.5, 0.6) is 0 Å². The number of rotatable bonds is 0. The SMILES string of the molecule is CC1(C)c2ccccc2-c2c1cc(Br)c1oc3ccccc3c21. The minimum absolute atomic E-state index is 0.00100. The third-order valence-corrected chi connectivity index (χ3v) is 5.73. The molecular weight excluding hydrogens is 348 g/mol. The molecule has 0 saturated carbocycles. The molecule has 1 aromatic heterocycles. The van der Waals surface area contributed by atoms with Crippen LogP contribution in [0.2, 0.25) is 0 Å². The van der Waals surface area contributed by atoms with E-state index in [0.717, 1.165) is 15.6 Å². The average Bonchev–Trinajstić information content (AvgIpc) is 3.04. The van der Waals surface area contributed by atoms with Gasteiger partial charge in [0.25, 0.3) is 0 Å². The van der Waals surface area contributed by atoms with Crippen LogP contribution in [-0.2, 0) is 5.41 Å². The standard InChI is InChI=1S/C21H15BrO/c1-21(2)14-9-5-3-7-12(14)18-15(21)11-16(22)20-19(18)13-8-4-6-10-17(13)23-20/h3-11H,1-2H3. The fourth-order valence-corrected chi connectivity index (χ4v) is 4.53. The fourth-order valence-electron chi connectivity index (χ4n) is 4.02. The maximum Gasteiger partial charge on any atom is 0.150 e. The molecule has 0 amide bonds. The van der Waals surface area contributed by atoms with Crippen molar-refractivity contribution in [2.75, 3.05) is 0 Å². The second-order valence-electron chi connectivity index (χ2n) is 6.75. The third-order valence-electron chi connectivity index (χ3n) is 5.15. The summed E-state index contributed by atoms with van der Waals surface area (Å²) in [5.74, 6) is 0. The summed E-state index contributed by atoms with van der Waals surface area (Å²) in [4.78, 5) is 0. The van der Waals surface area contributed by atoms with Crippen LogP contribution < -0.4 is 0 Å². The Morgan fingerprint density at radius 1 is 0.913 bits per heavy atom. The molecule has 0 bridgehead atoms. The maximum absolute atomic E-state index is 6.14. The van der Waals surface area contributed by atoms with E-state index in [2.05, 4.69) is 72.2 Å². The van der Waals surface area contributed by atoms with Gasteiger partial charge in [-0.3, -0.25) is 0 Å². The zero-order chi connectivity index (χ0) is 15.8. The lowest BCUT2D eigenvalue weighted by Gasteiger charge is -2.21. The van der Waals surface area contributed by atoms with Crippen molar-refractivity contribution in [2.24, 2.45) is 0 Å². The van der Waals surface area contributed by atoms with Gasteiger partial charge in [-0.25, -0.2) is 0 Å². The number of hydrogen-bond donors (Lipinski definition) is 0. The molecule has 2 heteroatoms. The summed E-state index contributed by atoms with van der Waals surface area (Å²) in [6, 6.07) is 19.3. The number of para-hydroxylation sites is 1. The predicted octanol–water partition coefficient (Wildman–Crippen LogP) is 6.65. The Morgan fingerprint density at radius 3 is 2.52 bits per heavy atom. The van der Waals surface area contributed by atoms with Gasteiger partial charge in [-0.2, -0.15) is 0 Å². The molecule has 0 spiro atoms. The lowest BCUT2D eigenvalue weighted by Crippen LogP contribution is -2.14. The van der Waals surface area contributed by atoms with Crippen LogP contribution in [0.15, 0.2) is 63.5 Å². The van der Waals surface area contributed by atoms with Gasteiger partial charge < -0.3 is 4.42 Å². The van der Waals surface area contributed by atoms with Gasteiger partial charge in [0, 0.05) is 16.2 Å². The van der Waals surface area contributed by atoms with Crippen molar-refractivity contribution in [3.63, 3.8) is 0 Å². The molecule has 5 rings (SSSR count). The lowest BCUT2D eigenvalue weighted by atomic mass is 9.82. The van der Waals surface area contributed by atoms with E-state index in [1.54, 1.807) is 0 Å². The van der Waals surface area contributed by atoms with E-state index < -0.39 is 0 Å². The summed E-state index contributed by atoms with van der Waals surface area (Å²) in [6.45, 7) is 4.61. The number of furan rings is 1.